The third-order valence-electron chi connectivity index (χ3n) is 5.75. The van der Waals surface area contributed by atoms with E-state index in [9.17, 15) is 9.59 Å². The number of carbonyl (C=O) groups excluding carboxylic acids is 1. The van der Waals surface area contributed by atoms with Gasteiger partial charge in [-0.25, -0.2) is 0 Å². The largest absolute Gasteiger partial charge is 0.481 e. The Morgan fingerprint density at radius 3 is 2.58 bits per heavy atom. The quantitative estimate of drug-likeness (QED) is 0.586. The van der Waals surface area contributed by atoms with Gasteiger partial charge in [0.15, 0.2) is 0 Å². The van der Waals surface area contributed by atoms with Crippen molar-refractivity contribution in [1.29, 1.82) is 0 Å². The fourth-order valence-corrected chi connectivity index (χ4v) is 4.09. The van der Waals surface area contributed by atoms with Crippen LogP contribution in [0.5, 0.6) is 0 Å². The SMILES string of the molecule is Cc1cc(-c2nc(-c3ccc(CC(=O)N4CCC(C(=O)O)C4)cc3)no2)cc(CC(C)C)n1. The summed E-state index contributed by atoms with van der Waals surface area (Å²) >= 11 is 0. The molecule has 0 radical (unpaired) electrons. The van der Waals surface area contributed by atoms with Gasteiger partial charge in [0.05, 0.1) is 12.3 Å². The van der Waals surface area contributed by atoms with Gasteiger partial charge in [0.1, 0.15) is 0 Å². The van der Waals surface area contributed by atoms with Crippen molar-refractivity contribution in [2.24, 2.45) is 11.8 Å². The zero-order valence-electron chi connectivity index (χ0n) is 19.1. The summed E-state index contributed by atoms with van der Waals surface area (Å²) in [7, 11) is 0. The average Bonchev–Trinajstić information content (AvgIpc) is 3.44. The van der Waals surface area contributed by atoms with Crippen molar-refractivity contribution < 1.29 is 19.2 Å². The highest BCUT2D eigenvalue weighted by atomic mass is 16.5. The van der Waals surface area contributed by atoms with Crippen LogP contribution in [0.25, 0.3) is 22.8 Å². The van der Waals surface area contributed by atoms with Gasteiger partial charge in [0, 0.05) is 35.6 Å². The molecule has 3 aromatic rings. The minimum absolute atomic E-state index is 0.0568. The summed E-state index contributed by atoms with van der Waals surface area (Å²) in [6, 6.07) is 11.4. The Kier molecular flexibility index (Phi) is 6.53. The van der Waals surface area contributed by atoms with Crippen molar-refractivity contribution in [3.05, 3.63) is 53.3 Å². The molecule has 1 unspecified atom stereocenters. The van der Waals surface area contributed by atoms with Crippen LogP contribution in [0.15, 0.2) is 40.9 Å². The lowest BCUT2D eigenvalue weighted by Gasteiger charge is -2.15. The fraction of sp³-hybridized carbons (Fsp3) is 0.400. The first-order chi connectivity index (χ1) is 15.8. The maximum atomic E-state index is 12.5. The molecule has 8 heteroatoms. The first kappa shape index (κ1) is 22.6. The van der Waals surface area contributed by atoms with E-state index in [4.69, 9.17) is 9.63 Å². The number of amides is 1. The lowest BCUT2D eigenvalue weighted by atomic mass is 10.1. The summed E-state index contributed by atoms with van der Waals surface area (Å²) in [6.07, 6.45) is 1.62. The smallest absolute Gasteiger partial charge is 0.308 e. The Hall–Kier alpha value is -3.55. The molecular weight excluding hydrogens is 420 g/mol. The van der Waals surface area contributed by atoms with E-state index in [0.717, 1.165) is 34.5 Å². The molecule has 1 aromatic carbocycles. The summed E-state index contributed by atoms with van der Waals surface area (Å²) in [6.45, 7) is 7.04. The number of hydrogen-bond donors (Lipinski definition) is 1. The van der Waals surface area contributed by atoms with Gasteiger partial charge in [0.2, 0.25) is 11.7 Å². The van der Waals surface area contributed by atoms with Crippen molar-refractivity contribution in [3.63, 3.8) is 0 Å². The van der Waals surface area contributed by atoms with Crippen LogP contribution in [-0.4, -0.2) is 50.1 Å². The number of aryl methyl sites for hydroxylation is 1. The molecule has 0 bridgehead atoms. The number of hydrogen-bond acceptors (Lipinski definition) is 6. The lowest BCUT2D eigenvalue weighted by molar-refractivity contribution is -0.141. The summed E-state index contributed by atoms with van der Waals surface area (Å²) in [5.74, 6) is 0.0634. The number of carboxylic acids is 1. The van der Waals surface area contributed by atoms with Crippen molar-refractivity contribution in [1.82, 2.24) is 20.0 Å². The molecule has 1 aliphatic heterocycles. The van der Waals surface area contributed by atoms with Gasteiger partial charge in [-0.3, -0.25) is 14.6 Å². The third-order valence-corrected chi connectivity index (χ3v) is 5.75. The van der Waals surface area contributed by atoms with Crippen LogP contribution in [0.4, 0.5) is 0 Å². The Morgan fingerprint density at radius 1 is 1.15 bits per heavy atom. The predicted octanol–water partition coefficient (Wildman–Crippen LogP) is 3.78. The number of nitrogens with zero attached hydrogens (tertiary/aromatic N) is 4. The first-order valence-electron chi connectivity index (χ1n) is 11.2. The molecule has 1 fully saturated rings. The Labute approximate surface area is 192 Å². The predicted molar refractivity (Wildman–Crippen MR) is 122 cm³/mol. The lowest BCUT2D eigenvalue weighted by Crippen LogP contribution is -2.31. The molecule has 1 aliphatic rings. The van der Waals surface area contributed by atoms with Crippen LogP contribution in [0, 0.1) is 18.8 Å². The Balaban J connectivity index is 1.44. The molecule has 33 heavy (non-hydrogen) atoms. The Bertz CT molecular complexity index is 1150. The van der Waals surface area contributed by atoms with Crippen LogP contribution in [0.2, 0.25) is 0 Å². The van der Waals surface area contributed by atoms with Crippen LogP contribution < -0.4 is 0 Å². The number of carboxylic acid groups (broad SMARTS) is 1. The highest BCUT2D eigenvalue weighted by Gasteiger charge is 2.30. The van der Waals surface area contributed by atoms with Gasteiger partial charge in [-0.15, -0.1) is 0 Å². The van der Waals surface area contributed by atoms with E-state index in [-0.39, 0.29) is 18.9 Å². The number of aliphatic carboxylic acids is 1. The van der Waals surface area contributed by atoms with E-state index in [1.165, 1.54) is 0 Å². The molecule has 0 spiro atoms. The fourth-order valence-electron chi connectivity index (χ4n) is 4.09. The summed E-state index contributed by atoms with van der Waals surface area (Å²) < 4.78 is 5.51. The molecule has 1 amide bonds. The molecule has 1 N–H and O–H groups in total. The summed E-state index contributed by atoms with van der Waals surface area (Å²) in [4.78, 5) is 34.4. The second-order valence-corrected chi connectivity index (χ2v) is 9.05. The van der Waals surface area contributed by atoms with Crippen molar-refractivity contribution >= 4 is 11.9 Å². The number of rotatable bonds is 7. The van der Waals surface area contributed by atoms with E-state index < -0.39 is 11.9 Å². The van der Waals surface area contributed by atoms with E-state index in [0.29, 0.717) is 30.6 Å². The van der Waals surface area contributed by atoms with E-state index >= 15 is 0 Å². The molecule has 1 atom stereocenters. The molecule has 0 aliphatic carbocycles. The minimum Gasteiger partial charge on any atom is -0.481 e. The molecule has 0 saturated carbocycles. The normalized spacial score (nSPS) is 15.9. The zero-order valence-corrected chi connectivity index (χ0v) is 19.1. The third kappa shape index (κ3) is 5.45. The maximum absolute atomic E-state index is 12.5. The monoisotopic (exact) mass is 448 g/mol. The molecular formula is C25H28N4O4. The highest BCUT2D eigenvalue weighted by molar-refractivity contribution is 5.81. The molecule has 4 rings (SSSR count). The minimum atomic E-state index is -0.841. The van der Waals surface area contributed by atoms with Gasteiger partial charge < -0.3 is 14.5 Å². The molecule has 8 nitrogen and oxygen atoms in total. The van der Waals surface area contributed by atoms with Crippen LogP contribution in [-0.2, 0) is 22.4 Å². The molecule has 2 aromatic heterocycles. The average molecular weight is 449 g/mol. The zero-order chi connectivity index (χ0) is 23.5. The number of benzene rings is 1. The van der Waals surface area contributed by atoms with Gasteiger partial charge >= 0.3 is 5.97 Å². The molecule has 172 valence electrons. The van der Waals surface area contributed by atoms with Gasteiger partial charge in [0.25, 0.3) is 5.89 Å². The topological polar surface area (TPSA) is 109 Å². The number of likely N-dealkylation sites (tertiary alicyclic amines) is 1. The molecule has 3 heterocycles. The van der Waals surface area contributed by atoms with E-state index in [1.807, 2.05) is 43.3 Å². The first-order valence-corrected chi connectivity index (χ1v) is 11.2. The van der Waals surface area contributed by atoms with Gasteiger partial charge in [-0.2, -0.15) is 4.98 Å². The number of carbonyl (C=O) groups is 2. The second-order valence-electron chi connectivity index (χ2n) is 9.05. The number of aromatic nitrogens is 3. The molecule has 1 saturated heterocycles. The van der Waals surface area contributed by atoms with Crippen LogP contribution in [0.3, 0.4) is 0 Å². The summed E-state index contributed by atoms with van der Waals surface area (Å²) in [5, 5.41) is 13.2. The van der Waals surface area contributed by atoms with Crippen molar-refractivity contribution in [2.45, 2.75) is 40.0 Å². The van der Waals surface area contributed by atoms with Crippen molar-refractivity contribution in [3.8, 4) is 22.8 Å². The van der Waals surface area contributed by atoms with Gasteiger partial charge in [-0.1, -0.05) is 43.3 Å². The number of pyridine rings is 1. The van der Waals surface area contributed by atoms with E-state index in [1.54, 1.807) is 4.90 Å². The van der Waals surface area contributed by atoms with Gasteiger partial charge in [-0.05, 0) is 43.4 Å². The second kappa shape index (κ2) is 9.52. The van der Waals surface area contributed by atoms with E-state index in [2.05, 4.69) is 29.0 Å². The van der Waals surface area contributed by atoms with Crippen LogP contribution in [0.1, 0.15) is 37.2 Å². The summed E-state index contributed by atoms with van der Waals surface area (Å²) in [5.41, 5.74) is 4.41. The Morgan fingerprint density at radius 2 is 1.91 bits per heavy atom. The maximum Gasteiger partial charge on any atom is 0.308 e. The van der Waals surface area contributed by atoms with Crippen LogP contribution >= 0.6 is 0 Å². The standard InChI is InChI=1S/C25H28N4O4/c1-15(2)10-21-13-20(11-16(3)26-21)24-27-23(28-33-24)18-6-4-17(5-7-18)12-22(30)29-9-8-19(14-29)25(31)32/h4-7,11,13,15,19H,8-10,12,14H2,1-3H3,(H,31,32). The highest BCUT2D eigenvalue weighted by Crippen LogP contribution is 2.25. The van der Waals surface area contributed by atoms with Crippen molar-refractivity contribution in [2.75, 3.05) is 13.1 Å².